The molecule has 0 amide bonds. The van der Waals surface area contributed by atoms with Crippen LogP contribution in [0.15, 0.2) is 0 Å². The maximum atomic E-state index is 9.43. The smallest absolute Gasteiger partial charge is 0.0563 e. The van der Waals surface area contributed by atoms with E-state index in [1.54, 1.807) is 6.92 Å². The Morgan fingerprint density at radius 3 is 2.08 bits per heavy atom. The maximum Gasteiger partial charge on any atom is 0.0563 e. The first kappa shape index (κ1) is 11.9. The van der Waals surface area contributed by atoms with Crippen LogP contribution in [0.1, 0.15) is 46.5 Å². The van der Waals surface area contributed by atoms with Crippen molar-refractivity contribution in [1.29, 1.82) is 0 Å². The molecule has 0 saturated carbocycles. The summed E-state index contributed by atoms with van der Waals surface area (Å²) < 4.78 is 0. The minimum atomic E-state index is -0.198. The van der Waals surface area contributed by atoms with Gasteiger partial charge in [-0.05, 0) is 32.1 Å². The molecule has 3 atom stereocenters. The molecule has 0 rings (SSSR count). The highest BCUT2D eigenvalue weighted by molar-refractivity contribution is 4.63. The molecule has 0 unspecified atom stereocenters. The molecule has 2 N–H and O–H groups in total. The molecule has 2 nitrogen and oxygen atoms in total. The number of aliphatic hydroxyl groups excluding tert-OH is 2. The Labute approximate surface area is 75.6 Å². The fourth-order valence-electron chi connectivity index (χ4n) is 1.33. The van der Waals surface area contributed by atoms with Crippen molar-refractivity contribution in [3.05, 3.63) is 0 Å². The van der Waals surface area contributed by atoms with E-state index in [0.29, 0.717) is 5.92 Å². The van der Waals surface area contributed by atoms with Crippen LogP contribution in [0.4, 0.5) is 0 Å². The van der Waals surface area contributed by atoms with Gasteiger partial charge in [-0.1, -0.05) is 20.3 Å². The number of hydrogen-bond donors (Lipinski definition) is 2. The molecule has 0 aliphatic rings. The van der Waals surface area contributed by atoms with Crippen LogP contribution in [-0.4, -0.2) is 22.4 Å². The first-order valence-electron chi connectivity index (χ1n) is 4.94. The van der Waals surface area contributed by atoms with Crippen molar-refractivity contribution < 1.29 is 10.2 Å². The molecule has 2 heteroatoms. The fourth-order valence-corrected chi connectivity index (χ4v) is 1.33. The largest absolute Gasteiger partial charge is 0.393 e. The quantitative estimate of drug-likeness (QED) is 0.646. The van der Waals surface area contributed by atoms with Crippen molar-refractivity contribution in [2.75, 3.05) is 0 Å². The lowest BCUT2D eigenvalue weighted by Crippen LogP contribution is -2.16. The van der Waals surface area contributed by atoms with Crippen molar-refractivity contribution in [3.63, 3.8) is 0 Å². The molecular weight excluding hydrogens is 152 g/mol. The Hall–Kier alpha value is -0.0800. The van der Waals surface area contributed by atoms with Crippen LogP contribution in [0.25, 0.3) is 0 Å². The van der Waals surface area contributed by atoms with E-state index >= 15 is 0 Å². The molecule has 0 radical (unpaired) electrons. The number of aliphatic hydroxyl groups is 2. The topological polar surface area (TPSA) is 40.5 Å². The van der Waals surface area contributed by atoms with Gasteiger partial charge in [0.05, 0.1) is 12.2 Å². The molecule has 0 spiro atoms. The van der Waals surface area contributed by atoms with Crippen LogP contribution in [0.2, 0.25) is 0 Å². The summed E-state index contributed by atoms with van der Waals surface area (Å²) in [5.74, 6) is 0.369. The summed E-state index contributed by atoms with van der Waals surface area (Å²) in [5, 5.41) is 18.4. The normalized spacial score (nSPS) is 18.8. The second-order valence-corrected chi connectivity index (χ2v) is 3.73. The van der Waals surface area contributed by atoms with Crippen molar-refractivity contribution >= 4 is 0 Å². The summed E-state index contributed by atoms with van der Waals surface area (Å²) in [6, 6.07) is 0. The minimum absolute atomic E-state index is 0.168. The predicted molar refractivity (Wildman–Crippen MR) is 51.0 cm³/mol. The van der Waals surface area contributed by atoms with Crippen LogP contribution < -0.4 is 0 Å². The molecule has 12 heavy (non-hydrogen) atoms. The molecule has 0 aromatic heterocycles. The van der Waals surface area contributed by atoms with E-state index < -0.39 is 0 Å². The summed E-state index contributed by atoms with van der Waals surface area (Å²) in [6.07, 6.45) is 3.34. The first-order valence-corrected chi connectivity index (χ1v) is 4.94. The highest BCUT2D eigenvalue weighted by atomic mass is 16.3. The summed E-state index contributed by atoms with van der Waals surface area (Å²) >= 11 is 0. The lowest BCUT2D eigenvalue weighted by atomic mass is 9.96. The molecule has 0 aliphatic carbocycles. The first-order chi connectivity index (χ1) is 5.57. The van der Waals surface area contributed by atoms with Gasteiger partial charge in [0.2, 0.25) is 0 Å². The molecular formula is C10H22O2. The van der Waals surface area contributed by atoms with Gasteiger partial charge in [0.15, 0.2) is 0 Å². The van der Waals surface area contributed by atoms with E-state index in [0.717, 1.165) is 25.7 Å². The minimum Gasteiger partial charge on any atom is -0.393 e. The van der Waals surface area contributed by atoms with Gasteiger partial charge in [0.25, 0.3) is 0 Å². The van der Waals surface area contributed by atoms with Gasteiger partial charge >= 0.3 is 0 Å². The van der Waals surface area contributed by atoms with Crippen LogP contribution in [0.5, 0.6) is 0 Å². The van der Waals surface area contributed by atoms with E-state index in [9.17, 15) is 5.11 Å². The SMILES string of the molecule is CC[C@H](O)[C@H](C)CCC[C@H](C)O. The van der Waals surface area contributed by atoms with Crippen molar-refractivity contribution in [2.45, 2.75) is 58.7 Å². The highest BCUT2D eigenvalue weighted by Crippen LogP contribution is 2.15. The molecule has 0 aliphatic heterocycles. The zero-order chi connectivity index (χ0) is 9.56. The average Bonchev–Trinajstić information content (AvgIpc) is 2.02. The van der Waals surface area contributed by atoms with Gasteiger partial charge in [-0.2, -0.15) is 0 Å². The second kappa shape index (κ2) is 6.44. The van der Waals surface area contributed by atoms with Crippen molar-refractivity contribution in [3.8, 4) is 0 Å². The molecule has 0 aromatic carbocycles. The van der Waals surface area contributed by atoms with Gasteiger partial charge in [0, 0.05) is 0 Å². The van der Waals surface area contributed by atoms with E-state index in [2.05, 4.69) is 6.92 Å². The Bertz CT molecular complexity index is 102. The molecule has 0 aromatic rings. The van der Waals surface area contributed by atoms with Gasteiger partial charge < -0.3 is 10.2 Å². The molecule has 0 fully saturated rings. The summed E-state index contributed by atoms with van der Waals surface area (Å²) in [5.41, 5.74) is 0. The number of hydrogen-bond acceptors (Lipinski definition) is 2. The van der Waals surface area contributed by atoms with Gasteiger partial charge in [-0.3, -0.25) is 0 Å². The lowest BCUT2D eigenvalue weighted by Gasteiger charge is -2.17. The lowest BCUT2D eigenvalue weighted by molar-refractivity contribution is 0.102. The zero-order valence-electron chi connectivity index (χ0n) is 8.45. The summed E-state index contributed by atoms with van der Waals surface area (Å²) in [6.45, 7) is 5.87. The van der Waals surface area contributed by atoms with Crippen LogP contribution in [0, 0.1) is 5.92 Å². The van der Waals surface area contributed by atoms with Crippen LogP contribution >= 0.6 is 0 Å². The number of rotatable bonds is 6. The Morgan fingerprint density at radius 2 is 1.67 bits per heavy atom. The third-order valence-corrected chi connectivity index (χ3v) is 2.36. The monoisotopic (exact) mass is 174 g/mol. The fraction of sp³-hybridized carbons (Fsp3) is 1.00. The maximum absolute atomic E-state index is 9.43. The standard InChI is InChI=1S/C10H22O2/c1-4-10(12)8(2)6-5-7-9(3)11/h8-12H,4-7H2,1-3H3/t8-,9+,10+/m1/s1. The van der Waals surface area contributed by atoms with Gasteiger partial charge in [-0.15, -0.1) is 0 Å². The summed E-state index contributed by atoms with van der Waals surface area (Å²) in [4.78, 5) is 0. The Morgan fingerprint density at radius 1 is 1.08 bits per heavy atom. The summed E-state index contributed by atoms with van der Waals surface area (Å²) in [7, 11) is 0. The predicted octanol–water partition coefficient (Wildman–Crippen LogP) is 1.94. The second-order valence-electron chi connectivity index (χ2n) is 3.73. The molecule has 0 bridgehead atoms. The third-order valence-electron chi connectivity index (χ3n) is 2.36. The Balaban J connectivity index is 3.37. The Kier molecular flexibility index (Phi) is 6.39. The average molecular weight is 174 g/mol. The van der Waals surface area contributed by atoms with Gasteiger partial charge in [0.1, 0.15) is 0 Å². The van der Waals surface area contributed by atoms with Gasteiger partial charge in [-0.25, -0.2) is 0 Å². The highest BCUT2D eigenvalue weighted by Gasteiger charge is 2.11. The van der Waals surface area contributed by atoms with E-state index in [4.69, 9.17) is 5.11 Å². The van der Waals surface area contributed by atoms with E-state index in [1.165, 1.54) is 0 Å². The van der Waals surface area contributed by atoms with Crippen molar-refractivity contribution in [1.82, 2.24) is 0 Å². The molecule has 74 valence electrons. The molecule has 0 heterocycles. The van der Waals surface area contributed by atoms with Crippen LogP contribution in [-0.2, 0) is 0 Å². The van der Waals surface area contributed by atoms with Crippen molar-refractivity contribution in [2.24, 2.45) is 5.92 Å². The van der Waals surface area contributed by atoms with E-state index in [1.807, 2.05) is 6.92 Å². The third kappa shape index (κ3) is 5.56. The van der Waals surface area contributed by atoms with Crippen LogP contribution in [0.3, 0.4) is 0 Å². The zero-order valence-corrected chi connectivity index (χ0v) is 8.45. The van der Waals surface area contributed by atoms with E-state index in [-0.39, 0.29) is 12.2 Å². The molecule has 0 saturated heterocycles.